The standard InChI is InChI=1S/C21H21F2N3O/c1-13(2)26-20(10-11-24-26)25-14(3)12-16(15(25)4)8-9-19(27)21-17(22)6-5-7-18(21)23/h5-13H,1-4H3/b9-8+. The molecule has 6 heteroatoms. The summed E-state index contributed by atoms with van der Waals surface area (Å²) in [7, 11) is 0. The van der Waals surface area contributed by atoms with Crippen molar-refractivity contribution < 1.29 is 13.6 Å². The van der Waals surface area contributed by atoms with Crippen molar-refractivity contribution in [2.45, 2.75) is 33.7 Å². The second-order valence-corrected chi connectivity index (χ2v) is 6.68. The molecule has 0 N–H and O–H groups in total. The van der Waals surface area contributed by atoms with E-state index in [-0.39, 0.29) is 6.04 Å². The Morgan fingerprint density at radius 3 is 2.44 bits per heavy atom. The molecular formula is C21H21F2N3O. The molecule has 0 fully saturated rings. The van der Waals surface area contributed by atoms with Crippen molar-refractivity contribution in [1.29, 1.82) is 0 Å². The van der Waals surface area contributed by atoms with Gasteiger partial charge in [0.2, 0.25) is 0 Å². The maximum atomic E-state index is 13.8. The Morgan fingerprint density at radius 2 is 1.81 bits per heavy atom. The van der Waals surface area contributed by atoms with Gasteiger partial charge < -0.3 is 4.57 Å². The first-order valence-electron chi connectivity index (χ1n) is 8.70. The predicted octanol–water partition coefficient (Wildman–Crippen LogP) is 5.05. The van der Waals surface area contributed by atoms with Gasteiger partial charge in [-0.3, -0.25) is 4.79 Å². The fraction of sp³-hybridized carbons (Fsp3) is 0.238. The van der Waals surface area contributed by atoms with Gasteiger partial charge in [0.25, 0.3) is 0 Å². The first kappa shape index (κ1) is 18.8. The third-order valence-corrected chi connectivity index (χ3v) is 4.46. The molecule has 0 radical (unpaired) electrons. The van der Waals surface area contributed by atoms with Crippen molar-refractivity contribution in [3.63, 3.8) is 0 Å². The van der Waals surface area contributed by atoms with E-state index < -0.39 is 23.0 Å². The summed E-state index contributed by atoms with van der Waals surface area (Å²) in [5.74, 6) is -1.51. The third kappa shape index (κ3) is 3.47. The lowest BCUT2D eigenvalue weighted by molar-refractivity contribution is 0.104. The van der Waals surface area contributed by atoms with Gasteiger partial charge in [0.1, 0.15) is 17.5 Å². The van der Waals surface area contributed by atoms with E-state index in [1.165, 1.54) is 12.1 Å². The Kier molecular flexibility index (Phi) is 5.08. The summed E-state index contributed by atoms with van der Waals surface area (Å²) in [6.45, 7) is 7.99. The van der Waals surface area contributed by atoms with Crippen LogP contribution in [-0.2, 0) is 0 Å². The topological polar surface area (TPSA) is 39.8 Å². The molecule has 0 amide bonds. The van der Waals surface area contributed by atoms with E-state index in [4.69, 9.17) is 0 Å². The van der Waals surface area contributed by atoms with Crippen molar-refractivity contribution in [3.05, 3.63) is 76.8 Å². The van der Waals surface area contributed by atoms with Gasteiger partial charge in [-0.05, 0) is 63.6 Å². The highest BCUT2D eigenvalue weighted by Crippen LogP contribution is 2.24. The number of aromatic nitrogens is 3. The molecule has 0 atom stereocenters. The molecule has 0 aliphatic carbocycles. The lowest BCUT2D eigenvalue weighted by atomic mass is 10.1. The van der Waals surface area contributed by atoms with Crippen molar-refractivity contribution in [1.82, 2.24) is 14.3 Å². The van der Waals surface area contributed by atoms with E-state index in [1.807, 2.05) is 49.1 Å². The first-order valence-corrected chi connectivity index (χ1v) is 8.70. The van der Waals surface area contributed by atoms with Gasteiger partial charge in [-0.15, -0.1) is 0 Å². The molecule has 4 nitrogen and oxygen atoms in total. The van der Waals surface area contributed by atoms with Gasteiger partial charge in [0.15, 0.2) is 5.78 Å². The maximum absolute atomic E-state index is 13.8. The van der Waals surface area contributed by atoms with E-state index in [0.29, 0.717) is 0 Å². The van der Waals surface area contributed by atoms with Gasteiger partial charge >= 0.3 is 0 Å². The van der Waals surface area contributed by atoms with Gasteiger partial charge in [-0.1, -0.05) is 6.07 Å². The number of hydrogen-bond acceptors (Lipinski definition) is 2. The Bertz CT molecular complexity index is 1010. The number of carbonyl (C=O) groups is 1. The van der Waals surface area contributed by atoms with E-state index >= 15 is 0 Å². The summed E-state index contributed by atoms with van der Waals surface area (Å²) in [4.78, 5) is 12.2. The number of benzene rings is 1. The first-order chi connectivity index (χ1) is 12.8. The molecule has 0 spiro atoms. The summed E-state index contributed by atoms with van der Waals surface area (Å²) in [6, 6.07) is 7.42. The van der Waals surface area contributed by atoms with Crippen LogP contribution in [0.3, 0.4) is 0 Å². The number of rotatable bonds is 5. The van der Waals surface area contributed by atoms with Crippen molar-refractivity contribution in [3.8, 4) is 5.82 Å². The number of hydrogen-bond donors (Lipinski definition) is 0. The van der Waals surface area contributed by atoms with E-state index in [0.717, 1.165) is 34.9 Å². The quantitative estimate of drug-likeness (QED) is 0.467. The van der Waals surface area contributed by atoms with Gasteiger partial charge in [-0.25, -0.2) is 13.5 Å². The molecular weight excluding hydrogens is 348 g/mol. The van der Waals surface area contributed by atoms with Crippen LogP contribution >= 0.6 is 0 Å². The fourth-order valence-electron chi connectivity index (χ4n) is 3.17. The smallest absolute Gasteiger partial charge is 0.191 e. The molecule has 3 rings (SSSR count). The van der Waals surface area contributed by atoms with Crippen LogP contribution in [0.25, 0.3) is 11.9 Å². The molecule has 2 aromatic heterocycles. The summed E-state index contributed by atoms with van der Waals surface area (Å²) in [6.07, 6.45) is 4.53. The molecule has 0 saturated heterocycles. The second kappa shape index (κ2) is 7.31. The summed E-state index contributed by atoms with van der Waals surface area (Å²) in [5.41, 5.74) is 2.14. The third-order valence-electron chi connectivity index (χ3n) is 4.46. The summed E-state index contributed by atoms with van der Waals surface area (Å²) in [5, 5.41) is 4.36. The average molecular weight is 369 g/mol. The highest BCUT2D eigenvalue weighted by molar-refractivity contribution is 6.07. The maximum Gasteiger partial charge on any atom is 0.191 e. The Labute approximate surface area is 156 Å². The van der Waals surface area contributed by atoms with Crippen molar-refractivity contribution in [2.24, 2.45) is 0 Å². The van der Waals surface area contributed by atoms with Crippen LogP contribution < -0.4 is 0 Å². The zero-order valence-corrected chi connectivity index (χ0v) is 15.7. The molecule has 1 aromatic carbocycles. The minimum Gasteiger partial charge on any atom is -0.303 e. The van der Waals surface area contributed by atoms with Crippen molar-refractivity contribution in [2.75, 3.05) is 0 Å². The molecule has 0 aliphatic rings. The molecule has 140 valence electrons. The SMILES string of the molecule is Cc1cc(/C=C/C(=O)c2c(F)cccc2F)c(C)n1-c1ccnn1C(C)C. The average Bonchev–Trinajstić information content (AvgIpc) is 3.17. The number of nitrogens with zero attached hydrogens (tertiary/aromatic N) is 3. The molecule has 0 bridgehead atoms. The van der Waals surface area contributed by atoms with Crippen LogP contribution in [0.2, 0.25) is 0 Å². The zero-order valence-electron chi connectivity index (χ0n) is 15.7. The lowest BCUT2D eigenvalue weighted by Crippen LogP contribution is -2.11. The predicted molar refractivity (Wildman–Crippen MR) is 101 cm³/mol. The van der Waals surface area contributed by atoms with E-state index in [2.05, 4.69) is 5.10 Å². The Hall–Kier alpha value is -3.02. The number of ketones is 1. The molecule has 27 heavy (non-hydrogen) atoms. The molecule has 0 aliphatic heterocycles. The van der Waals surface area contributed by atoms with Crippen molar-refractivity contribution >= 4 is 11.9 Å². The zero-order chi connectivity index (χ0) is 19.7. The highest BCUT2D eigenvalue weighted by atomic mass is 19.1. The summed E-state index contributed by atoms with van der Waals surface area (Å²) < 4.78 is 31.5. The molecule has 0 saturated carbocycles. The molecule has 2 heterocycles. The fourth-order valence-corrected chi connectivity index (χ4v) is 3.17. The van der Waals surface area contributed by atoms with Gasteiger partial charge in [-0.2, -0.15) is 5.10 Å². The minimum absolute atomic E-state index is 0.195. The Morgan fingerprint density at radius 1 is 1.15 bits per heavy atom. The number of halogens is 2. The lowest BCUT2D eigenvalue weighted by Gasteiger charge is -2.15. The second-order valence-electron chi connectivity index (χ2n) is 6.68. The van der Waals surface area contributed by atoms with Crippen LogP contribution in [0.15, 0.2) is 42.6 Å². The van der Waals surface area contributed by atoms with E-state index in [1.54, 1.807) is 12.3 Å². The number of aryl methyl sites for hydroxylation is 1. The molecule has 3 aromatic rings. The number of allylic oxidation sites excluding steroid dienone is 1. The van der Waals surface area contributed by atoms with Crippen LogP contribution in [0.4, 0.5) is 8.78 Å². The van der Waals surface area contributed by atoms with E-state index in [9.17, 15) is 13.6 Å². The number of carbonyl (C=O) groups excluding carboxylic acids is 1. The van der Waals surface area contributed by atoms with Crippen LogP contribution in [0.1, 0.15) is 47.2 Å². The molecule has 0 unspecified atom stereocenters. The Balaban J connectivity index is 1.97. The van der Waals surface area contributed by atoms with Gasteiger partial charge in [0, 0.05) is 23.5 Å². The van der Waals surface area contributed by atoms with Crippen LogP contribution in [0.5, 0.6) is 0 Å². The normalized spacial score (nSPS) is 11.7. The highest BCUT2D eigenvalue weighted by Gasteiger charge is 2.16. The van der Waals surface area contributed by atoms with Gasteiger partial charge in [0.05, 0.1) is 11.8 Å². The van der Waals surface area contributed by atoms with Crippen LogP contribution in [0, 0.1) is 25.5 Å². The monoisotopic (exact) mass is 369 g/mol. The van der Waals surface area contributed by atoms with Crippen LogP contribution in [-0.4, -0.2) is 20.1 Å². The largest absolute Gasteiger partial charge is 0.303 e. The minimum atomic E-state index is -0.865. The summed E-state index contributed by atoms with van der Waals surface area (Å²) >= 11 is 0.